The molecular weight excluding hydrogens is 326 g/mol. The van der Waals surface area contributed by atoms with Crippen LogP contribution in [0.15, 0.2) is 41.5 Å². The number of nitrogens with one attached hydrogen (secondary N) is 1. The number of anilines is 1. The monoisotopic (exact) mass is 341 g/mol. The molecule has 0 unspecified atom stereocenters. The lowest BCUT2D eigenvalue weighted by molar-refractivity contribution is -0.117. The first-order valence-corrected chi connectivity index (χ1v) is 8.07. The van der Waals surface area contributed by atoms with Gasteiger partial charge in [-0.3, -0.25) is 14.6 Å². The summed E-state index contributed by atoms with van der Waals surface area (Å²) < 4.78 is 1.14. The summed E-state index contributed by atoms with van der Waals surface area (Å²) in [6.45, 7) is 3.65. The summed E-state index contributed by atoms with van der Waals surface area (Å²) in [6, 6.07) is 6.60. The molecule has 0 spiro atoms. The minimum Gasteiger partial charge on any atom is -0.300 e. The van der Waals surface area contributed by atoms with Crippen LogP contribution < -0.4 is 10.9 Å². The van der Waals surface area contributed by atoms with E-state index in [0.717, 1.165) is 20.8 Å². The fourth-order valence-corrected chi connectivity index (χ4v) is 2.89. The molecule has 0 aliphatic carbocycles. The Kier molecular flexibility index (Phi) is 4.48. The van der Waals surface area contributed by atoms with Gasteiger partial charge >= 0.3 is 0 Å². The van der Waals surface area contributed by atoms with Crippen molar-refractivity contribution >= 4 is 22.4 Å². The average Bonchev–Trinajstić information content (AvgIpc) is 2.88. The Bertz CT molecular complexity index is 914. The van der Waals surface area contributed by atoms with E-state index in [1.54, 1.807) is 30.6 Å². The molecule has 0 fully saturated rings. The van der Waals surface area contributed by atoms with Gasteiger partial charge < -0.3 is 5.32 Å². The number of carbonyl (C=O) groups excluding carboxylic acids is 1. The summed E-state index contributed by atoms with van der Waals surface area (Å²) in [5.41, 5.74) is 1.97. The van der Waals surface area contributed by atoms with Crippen molar-refractivity contribution in [3.05, 3.63) is 57.6 Å². The molecule has 3 aromatic heterocycles. The molecule has 0 saturated carbocycles. The number of hydrogen-bond donors (Lipinski definition) is 1. The Morgan fingerprint density at radius 1 is 1.21 bits per heavy atom. The zero-order chi connectivity index (χ0) is 17.1. The number of aryl methyl sites for hydroxylation is 2. The molecule has 0 aliphatic rings. The maximum atomic E-state index is 12.1. The molecule has 0 atom stereocenters. The second kappa shape index (κ2) is 6.71. The molecule has 0 aliphatic heterocycles. The van der Waals surface area contributed by atoms with E-state index >= 15 is 0 Å². The van der Waals surface area contributed by atoms with E-state index in [1.807, 2.05) is 13.8 Å². The minimum absolute atomic E-state index is 0.171. The van der Waals surface area contributed by atoms with E-state index in [1.165, 1.54) is 17.4 Å². The Hall–Kier alpha value is -2.87. The summed E-state index contributed by atoms with van der Waals surface area (Å²) in [6.07, 6.45) is 3.29. The van der Waals surface area contributed by atoms with Crippen molar-refractivity contribution < 1.29 is 4.79 Å². The molecule has 3 aromatic rings. The van der Waals surface area contributed by atoms with Gasteiger partial charge in [0.05, 0.1) is 11.4 Å². The smallest absolute Gasteiger partial charge is 0.267 e. The van der Waals surface area contributed by atoms with E-state index in [9.17, 15) is 9.59 Å². The number of amides is 1. The SMILES string of the molecule is Cc1nc(NC(=O)Cn2nc(-c3ccncc3)ccc2=O)sc1C. The molecule has 1 amide bonds. The van der Waals surface area contributed by atoms with E-state index in [2.05, 4.69) is 20.4 Å². The summed E-state index contributed by atoms with van der Waals surface area (Å²) >= 11 is 1.40. The van der Waals surface area contributed by atoms with Gasteiger partial charge in [-0.05, 0) is 32.0 Å². The van der Waals surface area contributed by atoms with Crippen LogP contribution in [0.2, 0.25) is 0 Å². The van der Waals surface area contributed by atoms with Crippen LogP contribution in [-0.2, 0) is 11.3 Å². The topological polar surface area (TPSA) is 89.8 Å². The van der Waals surface area contributed by atoms with Crippen molar-refractivity contribution in [2.24, 2.45) is 0 Å². The molecular formula is C16H15N5O2S. The van der Waals surface area contributed by atoms with E-state index in [0.29, 0.717) is 10.8 Å². The van der Waals surface area contributed by atoms with Crippen molar-refractivity contribution in [1.82, 2.24) is 19.7 Å². The lowest BCUT2D eigenvalue weighted by atomic mass is 10.2. The quantitative estimate of drug-likeness (QED) is 0.784. The first kappa shape index (κ1) is 16.0. The van der Waals surface area contributed by atoms with Gasteiger partial charge in [-0.25, -0.2) is 9.67 Å². The molecule has 0 saturated heterocycles. The molecule has 0 radical (unpaired) electrons. The van der Waals surface area contributed by atoms with Gasteiger partial charge in [-0.15, -0.1) is 11.3 Å². The Morgan fingerprint density at radius 3 is 2.62 bits per heavy atom. The Labute approximate surface area is 142 Å². The molecule has 122 valence electrons. The van der Waals surface area contributed by atoms with Crippen molar-refractivity contribution in [1.29, 1.82) is 0 Å². The number of hydrogen-bond acceptors (Lipinski definition) is 6. The minimum atomic E-state index is -0.342. The molecule has 0 aromatic carbocycles. The van der Waals surface area contributed by atoms with Crippen LogP contribution in [0.25, 0.3) is 11.3 Å². The summed E-state index contributed by atoms with van der Waals surface area (Å²) in [7, 11) is 0. The van der Waals surface area contributed by atoms with Gasteiger partial charge in [-0.1, -0.05) is 0 Å². The lowest BCUT2D eigenvalue weighted by Gasteiger charge is -2.06. The largest absolute Gasteiger partial charge is 0.300 e. The van der Waals surface area contributed by atoms with Crippen LogP contribution in [0.1, 0.15) is 10.6 Å². The van der Waals surface area contributed by atoms with E-state index in [4.69, 9.17) is 0 Å². The average molecular weight is 341 g/mol. The number of aromatic nitrogens is 4. The van der Waals surface area contributed by atoms with Crippen LogP contribution in [0.4, 0.5) is 5.13 Å². The highest BCUT2D eigenvalue weighted by molar-refractivity contribution is 7.15. The first-order chi connectivity index (χ1) is 11.5. The van der Waals surface area contributed by atoms with Crippen molar-refractivity contribution in [2.75, 3.05) is 5.32 Å². The van der Waals surface area contributed by atoms with Crippen LogP contribution in [-0.4, -0.2) is 25.7 Å². The molecule has 7 nitrogen and oxygen atoms in total. The lowest BCUT2D eigenvalue weighted by Crippen LogP contribution is -2.29. The molecule has 1 N–H and O–H groups in total. The van der Waals surface area contributed by atoms with E-state index in [-0.39, 0.29) is 18.0 Å². The zero-order valence-corrected chi connectivity index (χ0v) is 14.0. The second-order valence-electron chi connectivity index (χ2n) is 5.16. The predicted octanol–water partition coefficient (Wildman–Crippen LogP) is 2.02. The Balaban J connectivity index is 1.79. The normalized spacial score (nSPS) is 10.6. The summed E-state index contributed by atoms with van der Waals surface area (Å²) in [5.74, 6) is -0.342. The number of carbonyl (C=O) groups is 1. The fraction of sp³-hybridized carbons (Fsp3) is 0.188. The van der Waals surface area contributed by atoms with Crippen LogP contribution in [0.3, 0.4) is 0 Å². The van der Waals surface area contributed by atoms with Gasteiger partial charge in [0, 0.05) is 28.9 Å². The van der Waals surface area contributed by atoms with Gasteiger partial charge in [0.15, 0.2) is 5.13 Å². The van der Waals surface area contributed by atoms with Crippen LogP contribution in [0.5, 0.6) is 0 Å². The molecule has 3 heterocycles. The molecule has 8 heteroatoms. The fourth-order valence-electron chi connectivity index (χ4n) is 2.06. The van der Waals surface area contributed by atoms with Gasteiger partial charge in [0.25, 0.3) is 5.56 Å². The van der Waals surface area contributed by atoms with Crippen molar-refractivity contribution in [3.8, 4) is 11.3 Å². The van der Waals surface area contributed by atoms with Crippen molar-refractivity contribution in [3.63, 3.8) is 0 Å². The Morgan fingerprint density at radius 2 is 1.96 bits per heavy atom. The highest BCUT2D eigenvalue weighted by Crippen LogP contribution is 2.21. The maximum Gasteiger partial charge on any atom is 0.267 e. The van der Waals surface area contributed by atoms with Crippen molar-refractivity contribution in [2.45, 2.75) is 20.4 Å². The number of rotatable bonds is 4. The van der Waals surface area contributed by atoms with Gasteiger partial charge in [0.2, 0.25) is 5.91 Å². The summed E-state index contributed by atoms with van der Waals surface area (Å²) in [4.78, 5) is 33.3. The number of pyridine rings is 1. The van der Waals surface area contributed by atoms with Gasteiger partial charge in [0.1, 0.15) is 6.54 Å². The second-order valence-corrected chi connectivity index (χ2v) is 6.36. The zero-order valence-electron chi connectivity index (χ0n) is 13.2. The first-order valence-electron chi connectivity index (χ1n) is 7.25. The molecule has 3 rings (SSSR count). The highest BCUT2D eigenvalue weighted by Gasteiger charge is 2.11. The number of nitrogens with zero attached hydrogens (tertiary/aromatic N) is 4. The standard InChI is InChI=1S/C16H15N5O2S/c1-10-11(2)24-16(18-10)19-14(22)9-21-15(23)4-3-13(20-21)12-5-7-17-8-6-12/h3-8H,9H2,1-2H3,(H,18,19,22). The number of thiazole rings is 1. The third-order valence-corrected chi connectivity index (χ3v) is 4.40. The van der Waals surface area contributed by atoms with Crippen LogP contribution in [0, 0.1) is 13.8 Å². The molecule has 0 bridgehead atoms. The third kappa shape index (κ3) is 3.54. The van der Waals surface area contributed by atoms with Crippen LogP contribution >= 0.6 is 11.3 Å². The predicted molar refractivity (Wildman–Crippen MR) is 91.9 cm³/mol. The third-order valence-electron chi connectivity index (χ3n) is 3.41. The summed E-state index contributed by atoms with van der Waals surface area (Å²) in [5, 5.41) is 7.46. The van der Waals surface area contributed by atoms with Gasteiger partial charge in [-0.2, -0.15) is 5.10 Å². The molecule has 24 heavy (non-hydrogen) atoms. The maximum absolute atomic E-state index is 12.1. The van der Waals surface area contributed by atoms with E-state index < -0.39 is 0 Å². The highest BCUT2D eigenvalue weighted by atomic mass is 32.1.